The van der Waals surface area contributed by atoms with Gasteiger partial charge < -0.3 is 10.2 Å². The van der Waals surface area contributed by atoms with Gasteiger partial charge in [-0.15, -0.1) is 11.3 Å². The summed E-state index contributed by atoms with van der Waals surface area (Å²) in [5, 5.41) is 8.08. The first-order valence-corrected chi connectivity index (χ1v) is 6.36. The Morgan fingerprint density at radius 3 is 3.05 bits per heavy atom. The van der Waals surface area contributed by atoms with Crippen molar-refractivity contribution in [2.24, 2.45) is 5.16 Å². The largest absolute Gasteiger partial charge is 0.386 e. The van der Waals surface area contributed by atoms with Crippen LogP contribution in [-0.4, -0.2) is 18.7 Å². The average Bonchev–Trinajstić information content (AvgIpc) is 2.88. The maximum atomic E-state index is 12.9. The lowest BCUT2D eigenvalue weighted by molar-refractivity contribution is -0.120. The summed E-state index contributed by atoms with van der Waals surface area (Å²) < 4.78 is 12.9. The third kappa shape index (κ3) is 4.51. The molecule has 4 nitrogen and oxygen atoms in total. The molecular weight excluding hydrogens is 267 g/mol. The van der Waals surface area contributed by atoms with Gasteiger partial charge in [-0.1, -0.05) is 17.3 Å². The van der Waals surface area contributed by atoms with Crippen molar-refractivity contribution >= 4 is 29.1 Å². The van der Waals surface area contributed by atoms with E-state index in [0.717, 1.165) is 4.88 Å². The lowest BCUT2D eigenvalue weighted by Gasteiger charge is -2.03. The van der Waals surface area contributed by atoms with Crippen LogP contribution < -0.4 is 5.32 Å². The number of halogens is 1. The van der Waals surface area contributed by atoms with Gasteiger partial charge in [-0.3, -0.25) is 4.79 Å². The van der Waals surface area contributed by atoms with E-state index in [1.165, 1.54) is 35.8 Å². The van der Waals surface area contributed by atoms with E-state index in [-0.39, 0.29) is 6.61 Å². The van der Waals surface area contributed by atoms with Gasteiger partial charge in [0.1, 0.15) is 5.82 Å². The summed E-state index contributed by atoms with van der Waals surface area (Å²) in [6, 6.07) is 9.41. The molecule has 98 valence electrons. The zero-order chi connectivity index (χ0) is 13.5. The normalized spacial score (nSPS) is 10.6. The molecule has 1 heterocycles. The Balaban J connectivity index is 1.76. The first kappa shape index (κ1) is 13.2. The van der Waals surface area contributed by atoms with E-state index in [1.807, 2.05) is 17.5 Å². The summed E-state index contributed by atoms with van der Waals surface area (Å²) in [6.45, 7) is -0.224. The van der Waals surface area contributed by atoms with Gasteiger partial charge in [0.2, 0.25) is 0 Å². The van der Waals surface area contributed by atoms with Gasteiger partial charge in [-0.25, -0.2) is 4.39 Å². The predicted octanol–water partition coefficient (Wildman–Crippen LogP) is 2.88. The van der Waals surface area contributed by atoms with E-state index in [1.54, 1.807) is 6.07 Å². The van der Waals surface area contributed by atoms with Crippen LogP contribution >= 0.6 is 11.3 Å². The summed E-state index contributed by atoms with van der Waals surface area (Å²) in [7, 11) is 0. The second-order valence-electron chi connectivity index (χ2n) is 3.58. The first-order chi connectivity index (χ1) is 9.24. The number of anilines is 1. The number of thiophene rings is 1. The molecular formula is C13H11FN2O2S. The standard InChI is InChI=1S/C13H11FN2O2S/c14-10-3-1-4-11(7-10)16-13(17)9-18-15-8-12-5-2-6-19-12/h1-8H,9H2,(H,16,17)/b15-8+. The Morgan fingerprint density at radius 1 is 1.42 bits per heavy atom. The first-order valence-electron chi connectivity index (χ1n) is 5.48. The molecule has 0 spiro atoms. The highest BCUT2D eigenvalue weighted by molar-refractivity contribution is 7.11. The van der Waals surface area contributed by atoms with Crippen molar-refractivity contribution in [3.63, 3.8) is 0 Å². The summed E-state index contributed by atoms with van der Waals surface area (Å²) in [5.41, 5.74) is 0.385. The minimum atomic E-state index is -0.408. The highest BCUT2D eigenvalue weighted by Crippen LogP contribution is 2.08. The molecule has 6 heteroatoms. The molecule has 1 aromatic carbocycles. The number of benzene rings is 1. The Morgan fingerprint density at radius 2 is 2.32 bits per heavy atom. The zero-order valence-corrected chi connectivity index (χ0v) is 10.7. The van der Waals surface area contributed by atoms with Crippen molar-refractivity contribution in [2.75, 3.05) is 11.9 Å². The SMILES string of the molecule is O=C(CO/N=C/c1cccs1)Nc1cccc(F)c1. The van der Waals surface area contributed by atoms with Crippen molar-refractivity contribution in [3.05, 3.63) is 52.5 Å². The van der Waals surface area contributed by atoms with E-state index in [2.05, 4.69) is 10.5 Å². The minimum Gasteiger partial charge on any atom is -0.386 e. The average molecular weight is 278 g/mol. The number of hydrogen-bond donors (Lipinski definition) is 1. The van der Waals surface area contributed by atoms with E-state index in [9.17, 15) is 9.18 Å². The van der Waals surface area contributed by atoms with Crippen LogP contribution in [0, 0.1) is 5.82 Å². The molecule has 0 unspecified atom stereocenters. The highest BCUT2D eigenvalue weighted by Gasteiger charge is 2.03. The van der Waals surface area contributed by atoms with Crippen LogP contribution in [0.25, 0.3) is 0 Å². The van der Waals surface area contributed by atoms with Gasteiger partial charge in [0, 0.05) is 10.6 Å². The number of hydrogen-bond acceptors (Lipinski definition) is 4. The van der Waals surface area contributed by atoms with Crippen LogP contribution in [0.3, 0.4) is 0 Å². The number of oxime groups is 1. The molecule has 1 N–H and O–H groups in total. The second-order valence-corrected chi connectivity index (χ2v) is 4.56. The molecule has 0 aliphatic heterocycles. The van der Waals surface area contributed by atoms with E-state index >= 15 is 0 Å². The van der Waals surface area contributed by atoms with E-state index < -0.39 is 11.7 Å². The summed E-state index contributed by atoms with van der Waals surface area (Å²) in [5.74, 6) is -0.802. The van der Waals surface area contributed by atoms with Gasteiger partial charge >= 0.3 is 0 Å². The third-order valence-corrected chi connectivity index (χ3v) is 2.91. The Hall–Kier alpha value is -2.21. The molecule has 0 aliphatic carbocycles. The molecule has 0 bridgehead atoms. The fourth-order valence-corrected chi connectivity index (χ4v) is 1.89. The number of rotatable bonds is 5. The maximum absolute atomic E-state index is 12.9. The minimum absolute atomic E-state index is 0.224. The Labute approximate surface area is 113 Å². The summed E-state index contributed by atoms with van der Waals surface area (Å²) in [6.07, 6.45) is 1.53. The molecule has 19 heavy (non-hydrogen) atoms. The Kier molecular flexibility index (Phi) is 4.63. The number of carbonyl (C=O) groups excluding carboxylic acids is 1. The molecule has 1 aromatic heterocycles. The fraction of sp³-hybridized carbons (Fsp3) is 0.0769. The number of nitrogens with zero attached hydrogens (tertiary/aromatic N) is 1. The molecule has 2 aromatic rings. The molecule has 0 saturated heterocycles. The van der Waals surface area contributed by atoms with E-state index in [4.69, 9.17) is 4.84 Å². The molecule has 0 saturated carbocycles. The smallest absolute Gasteiger partial charge is 0.265 e. The van der Waals surface area contributed by atoms with Crippen LogP contribution in [0.5, 0.6) is 0 Å². The van der Waals surface area contributed by atoms with Gasteiger partial charge in [-0.2, -0.15) is 0 Å². The molecule has 0 atom stereocenters. The number of nitrogens with one attached hydrogen (secondary N) is 1. The van der Waals surface area contributed by atoms with Gasteiger partial charge in [0.15, 0.2) is 6.61 Å². The van der Waals surface area contributed by atoms with E-state index in [0.29, 0.717) is 5.69 Å². The van der Waals surface area contributed by atoms with Crippen molar-refractivity contribution in [3.8, 4) is 0 Å². The second kappa shape index (κ2) is 6.65. The number of amides is 1. The topological polar surface area (TPSA) is 50.7 Å². The summed E-state index contributed by atoms with van der Waals surface area (Å²) >= 11 is 1.51. The molecule has 0 radical (unpaired) electrons. The third-order valence-electron chi connectivity index (χ3n) is 2.10. The monoisotopic (exact) mass is 278 g/mol. The lowest BCUT2D eigenvalue weighted by atomic mass is 10.3. The Bertz CT molecular complexity index is 570. The van der Waals surface area contributed by atoms with Crippen molar-refractivity contribution in [2.45, 2.75) is 0 Å². The van der Waals surface area contributed by atoms with Gasteiger partial charge in [0.05, 0.1) is 6.21 Å². The van der Waals surface area contributed by atoms with Crippen molar-refractivity contribution < 1.29 is 14.0 Å². The van der Waals surface area contributed by atoms with Crippen molar-refractivity contribution in [1.82, 2.24) is 0 Å². The molecule has 0 aliphatic rings. The van der Waals surface area contributed by atoms with Crippen LogP contribution in [0.4, 0.5) is 10.1 Å². The van der Waals surface area contributed by atoms with Gasteiger partial charge in [0.25, 0.3) is 5.91 Å². The molecule has 0 fully saturated rings. The zero-order valence-electron chi connectivity index (χ0n) is 9.88. The molecule has 1 amide bonds. The predicted molar refractivity (Wildman–Crippen MR) is 72.9 cm³/mol. The molecule has 2 rings (SSSR count). The van der Waals surface area contributed by atoms with Gasteiger partial charge in [-0.05, 0) is 29.6 Å². The highest BCUT2D eigenvalue weighted by atomic mass is 32.1. The lowest BCUT2D eigenvalue weighted by Crippen LogP contribution is -2.17. The van der Waals surface area contributed by atoms with Crippen LogP contribution in [0.1, 0.15) is 4.88 Å². The number of carbonyl (C=O) groups is 1. The van der Waals surface area contributed by atoms with Crippen LogP contribution in [0.15, 0.2) is 46.9 Å². The van der Waals surface area contributed by atoms with Crippen molar-refractivity contribution in [1.29, 1.82) is 0 Å². The fourth-order valence-electron chi connectivity index (χ4n) is 1.31. The summed E-state index contributed by atoms with van der Waals surface area (Å²) in [4.78, 5) is 17.2. The van der Waals surface area contributed by atoms with Crippen LogP contribution in [-0.2, 0) is 9.63 Å². The maximum Gasteiger partial charge on any atom is 0.265 e. The van der Waals surface area contributed by atoms with Crippen LogP contribution in [0.2, 0.25) is 0 Å². The quantitative estimate of drug-likeness (QED) is 0.675.